The molecule has 0 amide bonds. The van der Waals surface area contributed by atoms with E-state index in [9.17, 15) is 4.79 Å². The topological polar surface area (TPSA) is 38.7 Å². The Morgan fingerprint density at radius 1 is 1.40 bits per heavy atom. The minimum absolute atomic E-state index is 0.103. The van der Waals surface area contributed by atoms with Gasteiger partial charge in [0.05, 0.1) is 11.1 Å². The number of carbonyl (C=O) groups is 1. The molecular formula is C11H10BrNO2. The van der Waals surface area contributed by atoms with Crippen LogP contribution in [0.5, 0.6) is 0 Å². The fraction of sp³-hybridized carbons (Fsp3) is 0.273. The average Bonchev–Trinajstić information content (AvgIpc) is 2.44. The van der Waals surface area contributed by atoms with Crippen LogP contribution < -0.4 is 0 Å². The molecule has 1 aliphatic rings. The second-order valence-corrected chi connectivity index (χ2v) is 4.43. The monoisotopic (exact) mass is 267 g/mol. The first-order chi connectivity index (χ1) is 7.09. The third-order valence-electron chi connectivity index (χ3n) is 2.01. The molecule has 15 heavy (non-hydrogen) atoms. The number of fused-ring (bicyclic) bond motifs is 1. The lowest BCUT2D eigenvalue weighted by atomic mass is 10.1. The Morgan fingerprint density at radius 3 is 2.80 bits per heavy atom. The lowest BCUT2D eigenvalue weighted by molar-refractivity contribution is 0.0736. The number of hydrogen-bond donors (Lipinski definition) is 0. The summed E-state index contributed by atoms with van der Waals surface area (Å²) < 4.78 is 5.94. The highest BCUT2D eigenvalue weighted by Gasteiger charge is 2.29. The lowest BCUT2D eigenvalue weighted by Gasteiger charge is -2.01. The first-order valence-electron chi connectivity index (χ1n) is 4.68. The number of carbonyl (C=O) groups excluding carboxylic acids is 1. The van der Waals surface area contributed by atoms with Crippen molar-refractivity contribution in [3.8, 4) is 0 Å². The van der Waals surface area contributed by atoms with E-state index in [1.54, 1.807) is 6.07 Å². The quantitative estimate of drug-likeness (QED) is 0.734. The normalized spacial score (nSPS) is 17.1. The molecule has 0 aliphatic carbocycles. The van der Waals surface area contributed by atoms with Crippen LogP contribution in [0.3, 0.4) is 0 Å². The van der Waals surface area contributed by atoms with Gasteiger partial charge in [-0.2, -0.15) is 0 Å². The van der Waals surface area contributed by atoms with Gasteiger partial charge in [-0.1, -0.05) is 6.07 Å². The molecule has 1 heterocycles. The fourth-order valence-corrected chi connectivity index (χ4v) is 1.97. The largest absolute Gasteiger partial charge is 0.403 e. The van der Waals surface area contributed by atoms with Crippen molar-refractivity contribution < 1.29 is 9.53 Å². The molecule has 0 spiro atoms. The summed E-state index contributed by atoms with van der Waals surface area (Å²) in [6.45, 7) is 3.88. The van der Waals surface area contributed by atoms with Gasteiger partial charge in [-0.25, -0.2) is 9.79 Å². The Balaban J connectivity index is 2.58. The lowest BCUT2D eigenvalue weighted by Crippen LogP contribution is -2.04. The molecule has 0 unspecified atom stereocenters. The van der Waals surface area contributed by atoms with E-state index in [0.717, 1.165) is 10.0 Å². The maximum atomic E-state index is 11.5. The van der Waals surface area contributed by atoms with E-state index >= 15 is 0 Å². The van der Waals surface area contributed by atoms with Crippen LogP contribution in [0.1, 0.15) is 29.8 Å². The Kier molecular flexibility index (Phi) is 2.61. The van der Waals surface area contributed by atoms with Crippen LogP contribution >= 0.6 is 15.9 Å². The number of rotatable bonds is 1. The van der Waals surface area contributed by atoms with Crippen molar-refractivity contribution in [2.75, 3.05) is 0 Å². The van der Waals surface area contributed by atoms with Crippen molar-refractivity contribution in [2.24, 2.45) is 4.99 Å². The number of aliphatic imine (C=N–C) groups is 1. The fourth-order valence-electron chi connectivity index (χ4n) is 1.43. The molecule has 1 aromatic rings. The molecule has 0 N–H and O–H groups in total. The van der Waals surface area contributed by atoms with Crippen molar-refractivity contribution in [3.05, 3.63) is 33.8 Å². The minimum atomic E-state index is -0.328. The Hall–Kier alpha value is -1.16. The van der Waals surface area contributed by atoms with Crippen LogP contribution in [0.4, 0.5) is 0 Å². The summed E-state index contributed by atoms with van der Waals surface area (Å²) in [5.74, 6) is 0.0863. The highest BCUT2D eigenvalue weighted by Crippen LogP contribution is 2.28. The summed E-state index contributed by atoms with van der Waals surface area (Å²) in [4.78, 5) is 15.8. The molecule has 4 heteroatoms. The van der Waals surface area contributed by atoms with Gasteiger partial charge in [0.25, 0.3) is 0 Å². The van der Waals surface area contributed by atoms with Crippen molar-refractivity contribution in [1.82, 2.24) is 0 Å². The summed E-state index contributed by atoms with van der Waals surface area (Å²) in [6.07, 6.45) is 0. The zero-order valence-corrected chi connectivity index (χ0v) is 10.0. The summed E-state index contributed by atoms with van der Waals surface area (Å²) in [5.41, 5.74) is 1.33. The van der Waals surface area contributed by atoms with E-state index in [1.807, 2.05) is 26.0 Å². The third-order valence-corrected chi connectivity index (χ3v) is 2.67. The SMILES string of the molecule is CC(C)/N=C1/OC(=O)c2cccc(Br)c21. The van der Waals surface area contributed by atoms with Crippen molar-refractivity contribution in [3.63, 3.8) is 0 Å². The molecule has 0 saturated heterocycles. The maximum Gasteiger partial charge on any atom is 0.345 e. The van der Waals surface area contributed by atoms with Gasteiger partial charge in [0.2, 0.25) is 5.90 Å². The smallest absolute Gasteiger partial charge is 0.345 e. The molecule has 0 fully saturated rings. The number of benzene rings is 1. The van der Waals surface area contributed by atoms with Gasteiger partial charge in [-0.05, 0) is 41.9 Å². The average molecular weight is 268 g/mol. The van der Waals surface area contributed by atoms with Gasteiger partial charge >= 0.3 is 5.97 Å². The van der Waals surface area contributed by atoms with E-state index < -0.39 is 0 Å². The molecule has 3 nitrogen and oxygen atoms in total. The number of cyclic esters (lactones) is 1. The van der Waals surface area contributed by atoms with Crippen molar-refractivity contribution in [2.45, 2.75) is 19.9 Å². The van der Waals surface area contributed by atoms with Gasteiger partial charge in [0, 0.05) is 10.5 Å². The Bertz CT molecular complexity index is 452. The first-order valence-corrected chi connectivity index (χ1v) is 5.47. The number of nitrogens with zero attached hydrogens (tertiary/aromatic N) is 1. The number of halogens is 1. The zero-order chi connectivity index (χ0) is 11.0. The van der Waals surface area contributed by atoms with Gasteiger partial charge < -0.3 is 4.74 Å². The molecule has 0 radical (unpaired) electrons. The van der Waals surface area contributed by atoms with Crippen LogP contribution in [-0.4, -0.2) is 17.9 Å². The minimum Gasteiger partial charge on any atom is -0.403 e. The molecule has 0 aromatic heterocycles. The van der Waals surface area contributed by atoms with E-state index in [1.165, 1.54) is 0 Å². The van der Waals surface area contributed by atoms with Gasteiger partial charge in [0.1, 0.15) is 0 Å². The maximum absolute atomic E-state index is 11.5. The van der Waals surface area contributed by atoms with Crippen LogP contribution in [0.15, 0.2) is 27.7 Å². The number of hydrogen-bond acceptors (Lipinski definition) is 3. The van der Waals surface area contributed by atoms with Crippen molar-refractivity contribution in [1.29, 1.82) is 0 Å². The van der Waals surface area contributed by atoms with E-state index in [-0.39, 0.29) is 12.0 Å². The van der Waals surface area contributed by atoms with Crippen LogP contribution in [0.2, 0.25) is 0 Å². The number of ether oxygens (including phenoxy) is 1. The molecule has 0 atom stereocenters. The molecule has 1 aliphatic heterocycles. The second kappa shape index (κ2) is 3.77. The summed E-state index contributed by atoms with van der Waals surface area (Å²) in [5, 5.41) is 0. The standard InChI is InChI=1S/C11H10BrNO2/c1-6(2)13-10-9-7(11(14)15-10)4-3-5-8(9)12/h3-6H,1-2H3/b13-10+. The predicted molar refractivity (Wildman–Crippen MR) is 61.2 cm³/mol. The van der Waals surface area contributed by atoms with Crippen LogP contribution in [0, 0.1) is 0 Å². The molecule has 1 aromatic carbocycles. The molecule has 0 bridgehead atoms. The highest BCUT2D eigenvalue weighted by molar-refractivity contribution is 9.10. The van der Waals surface area contributed by atoms with Gasteiger partial charge in [-0.3, -0.25) is 0 Å². The van der Waals surface area contributed by atoms with Crippen molar-refractivity contribution >= 4 is 27.8 Å². The Labute approximate surface area is 96.3 Å². The molecule has 0 saturated carbocycles. The molecule has 2 rings (SSSR count). The van der Waals surface area contributed by atoms with Gasteiger partial charge in [-0.15, -0.1) is 0 Å². The zero-order valence-electron chi connectivity index (χ0n) is 8.45. The molecular weight excluding hydrogens is 258 g/mol. The Morgan fingerprint density at radius 2 is 2.13 bits per heavy atom. The summed E-state index contributed by atoms with van der Waals surface area (Å²) in [6, 6.07) is 5.52. The summed E-state index contributed by atoms with van der Waals surface area (Å²) in [7, 11) is 0. The highest BCUT2D eigenvalue weighted by atomic mass is 79.9. The number of esters is 1. The molecule has 78 valence electrons. The van der Waals surface area contributed by atoms with E-state index in [0.29, 0.717) is 11.5 Å². The summed E-state index contributed by atoms with van der Waals surface area (Å²) >= 11 is 3.39. The van der Waals surface area contributed by atoms with Crippen LogP contribution in [-0.2, 0) is 4.74 Å². The second-order valence-electron chi connectivity index (χ2n) is 3.58. The van der Waals surface area contributed by atoms with E-state index in [4.69, 9.17) is 4.74 Å². The first kappa shape index (κ1) is 10.4. The third kappa shape index (κ3) is 1.81. The van der Waals surface area contributed by atoms with Gasteiger partial charge in [0.15, 0.2) is 0 Å². The predicted octanol–water partition coefficient (Wildman–Crippen LogP) is 2.77. The van der Waals surface area contributed by atoms with Crippen LogP contribution in [0.25, 0.3) is 0 Å². The van der Waals surface area contributed by atoms with E-state index in [2.05, 4.69) is 20.9 Å².